The summed E-state index contributed by atoms with van der Waals surface area (Å²) in [4.78, 5) is 151. The molecular formula is C75H116N10O13. The van der Waals surface area contributed by atoms with E-state index in [1.54, 1.807) is 32.3 Å². The lowest BCUT2D eigenvalue weighted by Gasteiger charge is -2.27. The van der Waals surface area contributed by atoms with Crippen molar-refractivity contribution in [3.63, 3.8) is 0 Å². The van der Waals surface area contributed by atoms with Gasteiger partial charge in [0, 0.05) is 103 Å². The summed E-state index contributed by atoms with van der Waals surface area (Å²) in [5.41, 5.74) is 14.0. The van der Waals surface area contributed by atoms with Crippen LogP contribution < -0.4 is 38.1 Å². The fourth-order valence-corrected chi connectivity index (χ4v) is 12.5. The van der Waals surface area contributed by atoms with Crippen molar-refractivity contribution >= 4 is 86.2 Å². The third kappa shape index (κ3) is 29.1. The molecule has 10 atom stereocenters. The lowest BCUT2D eigenvalue weighted by atomic mass is 9.88. The molecule has 2 aromatic carbocycles. The summed E-state index contributed by atoms with van der Waals surface area (Å²) < 4.78 is 0. The number of benzene rings is 2. The highest BCUT2D eigenvalue weighted by atomic mass is 16.3. The number of carbonyl (C=O) groups excluding carboxylic acids is 10. The first kappa shape index (κ1) is 82.8. The van der Waals surface area contributed by atoms with Crippen LogP contribution in [0.15, 0.2) is 65.9 Å². The molecule has 0 saturated carbocycles. The summed E-state index contributed by atoms with van der Waals surface area (Å²) in [5, 5.41) is 47.7. The van der Waals surface area contributed by atoms with E-state index in [0.29, 0.717) is 24.0 Å². The molecule has 0 unspecified atom stereocenters. The van der Waals surface area contributed by atoms with E-state index in [2.05, 4.69) is 48.5 Å². The number of aliphatic hydroxyl groups excluding tert-OH is 3. The number of unbranched alkanes of at least 4 members (excludes halogenated alkanes) is 12. The van der Waals surface area contributed by atoms with Crippen LogP contribution in [0.4, 0.5) is 0 Å². The van der Waals surface area contributed by atoms with E-state index in [-0.39, 0.29) is 81.5 Å². The van der Waals surface area contributed by atoms with Crippen molar-refractivity contribution in [3.05, 3.63) is 72.1 Å². The highest BCUT2D eigenvalue weighted by Gasteiger charge is 2.37. The highest BCUT2D eigenvalue weighted by molar-refractivity contribution is 5.99. The van der Waals surface area contributed by atoms with E-state index in [1.165, 1.54) is 58.3 Å². The number of ketones is 5. The Balaban J connectivity index is 1.55. The Kier molecular flexibility index (Phi) is 37.5. The van der Waals surface area contributed by atoms with Gasteiger partial charge >= 0.3 is 0 Å². The predicted molar refractivity (Wildman–Crippen MR) is 382 cm³/mol. The van der Waals surface area contributed by atoms with Crippen molar-refractivity contribution in [2.45, 2.75) is 252 Å². The number of aromatic amines is 2. The zero-order chi connectivity index (χ0) is 72.3. The normalized spacial score (nSPS) is 14.7. The van der Waals surface area contributed by atoms with E-state index >= 15 is 0 Å². The van der Waals surface area contributed by atoms with Crippen molar-refractivity contribution in [2.75, 3.05) is 19.8 Å². The van der Waals surface area contributed by atoms with Crippen molar-refractivity contribution < 1.29 is 63.3 Å². The predicted octanol–water partition coefficient (Wildman–Crippen LogP) is 8.15. The number of aliphatic imine (C=N–C) groups is 1. The molecule has 14 N–H and O–H groups in total. The van der Waals surface area contributed by atoms with Crippen LogP contribution in [0.5, 0.6) is 0 Å². The summed E-state index contributed by atoms with van der Waals surface area (Å²) >= 11 is 0. The molecule has 4 rings (SSSR count). The van der Waals surface area contributed by atoms with Crippen molar-refractivity contribution in [3.8, 4) is 0 Å². The highest BCUT2D eigenvalue weighted by Crippen LogP contribution is 2.26. The van der Waals surface area contributed by atoms with Gasteiger partial charge < -0.3 is 63.3 Å². The molecule has 5 amide bonds. The van der Waals surface area contributed by atoms with Crippen LogP contribution >= 0.6 is 0 Å². The number of rotatable bonds is 52. The molecule has 0 bridgehead atoms. The van der Waals surface area contributed by atoms with Crippen LogP contribution in [-0.2, 0) is 60.8 Å². The van der Waals surface area contributed by atoms with Gasteiger partial charge in [-0.25, -0.2) is 0 Å². The Morgan fingerprint density at radius 1 is 0.480 bits per heavy atom. The number of guanidine groups is 1. The van der Waals surface area contributed by atoms with Crippen molar-refractivity contribution in [2.24, 2.45) is 52.0 Å². The number of amides is 5. The second-order valence-corrected chi connectivity index (χ2v) is 27.7. The number of aliphatic hydroxyl groups is 3. The Morgan fingerprint density at radius 2 is 0.918 bits per heavy atom. The number of para-hydroxylation sites is 2. The van der Waals surface area contributed by atoms with Gasteiger partial charge in [0.1, 0.15) is 12.1 Å². The maximum atomic E-state index is 14.9. The van der Waals surface area contributed by atoms with Gasteiger partial charge in [0.05, 0.1) is 43.4 Å². The number of nitrogens with zero attached hydrogens (tertiary/aromatic N) is 1. The molecule has 23 nitrogen and oxygen atoms in total. The number of hydrogen-bond donors (Lipinski definition) is 12. The van der Waals surface area contributed by atoms with Gasteiger partial charge in [-0.1, -0.05) is 162 Å². The van der Waals surface area contributed by atoms with Crippen LogP contribution in [0.2, 0.25) is 0 Å². The molecule has 2 aromatic heterocycles. The minimum Gasteiger partial charge on any atom is -0.394 e. The monoisotopic (exact) mass is 1360 g/mol. The SMILES string of the molecule is CCCCCCCCCCCCCCCC(=O)N[C@@H](CO)C(=O)C[C@H](Cc1c[nH]c2ccccc12)C(=O)N[C@@H](CO)C(=O)C[C@@H](CCCN=C(N)N)C(=O)N[C@@H](Cc1c[nH]c2ccccc12)C(=O)C[C@H](C(=O)N[C@@H](CC(C)C)C(=O)C[C@@H](C)C(=O)N[C@@H](CC(C)C)C(=O)CC)[C@@H](C)O. The van der Waals surface area contributed by atoms with Crippen LogP contribution in [0.3, 0.4) is 0 Å². The van der Waals surface area contributed by atoms with Crippen molar-refractivity contribution in [1.29, 1.82) is 0 Å². The molecule has 0 aliphatic rings. The van der Waals surface area contributed by atoms with Gasteiger partial charge in [0.15, 0.2) is 34.9 Å². The molecule has 0 aliphatic heterocycles. The molecule has 544 valence electrons. The number of H-pyrrole nitrogens is 2. The summed E-state index contributed by atoms with van der Waals surface area (Å²) in [7, 11) is 0. The molecule has 0 radical (unpaired) electrons. The molecule has 0 spiro atoms. The molecule has 0 saturated heterocycles. The minimum atomic E-state index is -1.61. The molecular weight excluding hydrogens is 1250 g/mol. The number of hydrogen-bond acceptors (Lipinski definition) is 14. The number of nitrogens with two attached hydrogens (primary N) is 2. The Bertz CT molecular complexity index is 3200. The van der Waals surface area contributed by atoms with Gasteiger partial charge in [0.25, 0.3) is 0 Å². The van der Waals surface area contributed by atoms with Crippen molar-refractivity contribution in [1.82, 2.24) is 36.6 Å². The van der Waals surface area contributed by atoms with E-state index in [9.17, 15) is 63.3 Å². The number of fused-ring (bicyclic) bond motifs is 2. The van der Waals surface area contributed by atoms with Crippen LogP contribution in [0, 0.1) is 35.5 Å². The number of aromatic nitrogens is 2. The lowest BCUT2D eigenvalue weighted by Crippen LogP contribution is -2.51. The summed E-state index contributed by atoms with van der Waals surface area (Å²) in [6.45, 7) is 12.8. The largest absolute Gasteiger partial charge is 0.394 e. The average molecular weight is 1370 g/mol. The second kappa shape index (κ2) is 44.4. The quantitative estimate of drug-likeness (QED) is 0.0113. The van der Waals surface area contributed by atoms with E-state index in [1.807, 2.05) is 70.2 Å². The maximum Gasteiger partial charge on any atom is 0.226 e. The van der Waals surface area contributed by atoms with Gasteiger partial charge in [-0.05, 0) is 80.5 Å². The average Bonchev–Trinajstić information content (AvgIpc) is 1.63. The van der Waals surface area contributed by atoms with Crippen LogP contribution in [0.1, 0.15) is 214 Å². The minimum absolute atomic E-state index is 0.0303. The van der Waals surface area contributed by atoms with Crippen LogP contribution in [-0.4, -0.2) is 146 Å². The molecule has 0 aliphatic carbocycles. The number of Topliss-reactive ketones (excluding diaryl/α,β-unsaturated/α-hetero) is 5. The van der Waals surface area contributed by atoms with Gasteiger partial charge in [-0.2, -0.15) is 0 Å². The molecule has 0 fully saturated rings. The van der Waals surface area contributed by atoms with E-state index in [0.717, 1.165) is 47.5 Å². The fraction of sp³-hybridized carbons (Fsp3) is 0.640. The van der Waals surface area contributed by atoms with Gasteiger partial charge in [-0.15, -0.1) is 0 Å². The smallest absolute Gasteiger partial charge is 0.226 e. The number of carbonyl (C=O) groups is 10. The molecule has 2 heterocycles. The zero-order valence-electron chi connectivity index (χ0n) is 59.5. The standard InChI is InChI=1S/C75H116N10O13/c1-9-11-12-13-14-15-16-17-18-19-20-21-22-33-70(94)81-63(45-86)68(92)41-52(38-53-43-79-58-31-25-23-29-55(53)58)73(97)85-64(46-87)67(91)40-51(28-27-34-78-75(76)77)72(96)83-62(39-54-44-80-59-32-26-24-30-56(54)59)69(93)42-57(50(8)88)74(98)84-61(36-48(5)6)66(90)37-49(7)71(95)82-60(35-47(3)4)65(89)10-2/h23-26,29-32,43-44,47-52,57,60-64,79-80,86-88H,9-22,27-28,33-42,45-46H2,1-8H3,(H,81,94)(H,82,95)(H,83,96)(H,84,98)(H,85,97)(H4,76,77,78)/t49-,50-,51-,52+,57+,60+,61+,62+,63+,64+/m1/s1. The summed E-state index contributed by atoms with van der Waals surface area (Å²) in [5.74, 6) is -11.0. The molecule has 23 heteroatoms. The van der Waals surface area contributed by atoms with Gasteiger partial charge in [-0.3, -0.25) is 52.9 Å². The van der Waals surface area contributed by atoms with Gasteiger partial charge in [0.2, 0.25) is 29.5 Å². The third-order valence-electron chi connectivity index (χ3n) is 18.4. The first-order valence-corrected chi connectivity index (χ1v) is 36.0. The second-order valence-electron chi connectivity index (χ2n) is 27.7. The Labute approximate surface area is 579 Å². The number of nitrogens with one attached hydrogen (secondary N) is 7. The summed E-state index contributed by atoms with van der Waals surface area (Å²) in [6, 6.07) is 8.42. The van der Waals surface area contributed by atoms with E-state index in [4.69, 9.17) is 11.5 Å². The first-order valence-electron chi connectivity index (χ1n) is 36.0. The molecule has 98 heavy (non-hydrogen) atoms. The topological polar surface area (TPSA) is 388 Å². The van der Waals surface area contributed by atoms with Crippen LogP contribution in [0.25, 0.3) is 21.8 Å². The third-order valence-corrected chi connectivity index (χ3v) is 18.4. The Morgan fingerprint density at radius 3 is 1.43 bits per heavy atom. The fourth-order valence-electron chi connectivity index (χ4n) is 12.5. The first-order chi connectivity index (χ1) is 46.8. The molecule has 4 aromatic rings. The lowest BCUT2D eigenvalue weighted by molar-refractivity contribution is -0.138. The maximum absolute atomic E-state index is 14.9. The van der Waals surface area contributed by atoms with E-state index < -0.39 is 145 Å². The Hall–Kier alpha value is -7.63. The summed E-state index contributed by atoms with van der Waals surface area (Å²) in [6.07, 6.45) is 15.6. The zero-order valence-corrected chi connectivity index (χ0v) is 59.5.